The second-order valence-electron chi connectivity index (χ2n) is 3.34. The molecule has 0 aliphatic heterocycles. The molecule has 0 unspecified atom stereocenters. The van der Waals surface area contributed by atoms with Crippen LogP contribution in [0.2, 0.25) is 0 Å². The lowest BCUT2D eigenvalue weighted by Crippen LogP contribution is -2.08. The molecular formula is C10H15NO3S. The van der Waals surface area contributed by atoms with Crippen LogP contribution in [0.25, 0.3) is 0 Å². The fourth-order valence-corrected chi connectivity index (χ4v) is 1.92. The maximum atomic E-state index is 11.0. The summed E-state index contributed by atoms with van der Waals surface area (Å²) >= 11 is 1.65. The molecular weight excluding hydrogens is 214 g/mol. The standard InChI is InChI=1S/C10H15NO3S/c1-7-4-9(14-11-7)6-15-8(2)5-10(12)13-3/h4,8H,5-6H2,1-3H3/t8-/m1/s1. The van der Waals surface area contributed by atoms with Crippen LogP contribution in [0, 0.1) is 6.92 Å². The Kier molecular flexibility index (Phi) is 4.68. The average molecular weight is 229 g/mol. The maximum Gasteiger partial charge on any atom is 0.306 e. The minimum Gasteiger partial charge on any atom is -0.469 e. The average Bonchev–Trinajstić information content (AvgIpc) is 2.61. The van der Waals surface area contributed by atoms with Crippen LogP contribution in [0.4, 0.5) is 0 Å². The lowest BCUT2D eigenvalue weighted by molar-refractivity contribution is -0.140. The van der Waals surface area contributed by atoms with Crippen molar-refractivity contribution >= 4 is 17.7 Å². The molecule has 15 heavy (non-hydrogen) atoms. The third-order valence-corrected chi connectivity index (χ3v) is 3.06. The van der Waals surface area contributed by atoms with Crippen molar-refractivity contribution in [2.24, 2.45) is 0 Å². The van der Waals surface area contributed by atoms with Crippen molar-refractivity contribution in [2.45, 2.75) is 31.3 Å². The van der Waals surface area contributed by atoms with Gasteiger partial charge in [-0.1, -0.05) is 12.1 Å². The monoisotopic (exact) mass is 229 g/mol. The zero-order valence-corrected chi connectivity index (χ0v) is 9.97. The van der Waals surface area contributed by atoms with Crippen molar-refractivity contribution in [1.82, 2.24) is 5.16 Å². The van der Waals surface area contributed by atoms with Gasteiger partial charge in [-0.3, -0.25) is 4.79 Å². The second kappa shape index (κ2) is 5.80. The normalized spacial score (nSPS) is 12.5. The Morgan fingerprint density at radius 1 is 1.73 bits per heavy atom. The zero-order chi connectivity index (χ0) is 11.3. The fourth-order valence-electron chi connectivity index (χ4n) is 1.09. The lowest BCUT2D eigenvalue weighted by Gasteiger charge is -2.07. The van der Waals surface area contributed by atoms with Gasteiger partial charge in [0.25, 0.3) is 0 Å². The van der Waals surface area contributed by atoms with E-state index in [4.69, 9.17) is 4.52 Å². The van der Waals surface area contributed by atoms with Gasteiger partial charge in [0.1, 0.15) is 5.76 Å². The van der Waals surface area contributed by atoms with Gasteiger partial charge in [-0.05, 0) is 6.92 Å². The predicted molar refractivity (Wildman–Crippen MR) is 58.6 cm³/mol. The summed E-state index contributed by atoms with van der Waals surface area (Å²) in [6, 6.07) is 1.90. The number of nitrogens with zero attached hydrogens (tertiary/aromatic N) is 1. The number of hydrogen-bond donors (Lipinski definition) is 0. The molecule has 0 amide bonds. The number of aromatic nitrogens is 1. The molecule has 4 nitrogen and oxygen atoms in total. The first-order chi connectivity index (χ1) is 7.11. The summed E-state index contributed by atoms with van der Waals surface area (Å²) in [6.45, 7) is 3.88. The van der Waals surface area contributed by atoms with Crippen molar-refractivity contribution in [3.8, 4) is 0 Å². The van der Waals surface area contributed by atoms with Crippen molar-refractivity contribution in [1.29, 1.82) is 0 Å². The molecule has 0 bridgehead atoms. The highest BCUT2D eigenvalue weighted by Gasteiger charge is 2.11. The van der Waals surface area contributed by atoms with Gasteiger partial charge in [0.2, 0.25) is 0 Å². The Balaban J connectivity index is 2.28. The van der Waals surface area contributed by atoms with E-state index < -0.39 is 0 Å². The summed E-state index contributed by atoms with van der Waals surface area (Å²) in [6.07, 6.45) is 0.425. The van der Waals surface area contributed by atoms with E-state index in [9.17, 15) is 4.79 Å². The van der Waals surface area contributed by atoms with Crippen LogP contribution in [0.3, 0.4) is 0 Å². The summed E-state index contributed by atoms with van der Waals surface area (Å²) in [4.78, 5) is 11.0. The van der Waals surface area contributed by atoms with E-state index in [1.165, 1.54) is 7.11 Å². The Morgan fingerprint density at radius 3 is 3.00 bits per heavy atom. The molecule has 0 aliphatic rings. The number of ether oxygens (including phenoxy) is 1. The number of esters is 1. The zero-order valence-electron chi connectivity index (χ0n) is 9.15. The smallest absolute Gasteiger partial charge is 0.306 e. The lowest BCUT2D eigenvalue weighted by atomic mass is 10.3. The molecule has 0 spiro atoms. The molecule has 1 aromatic rings. The van der Waals surface area contributed by atoms with Crippen LogP contribution in [0.1, 0.15) is 24.8 Å². The van der Waals surface area contributed by atoms with Gasteiger partial charge in [0, 0.05) is 11.3 Å². The molecule has 5 heteroatoms. The molecule has 0 saturated carbocycles. The SMILES string of the molecule is COC(=O)C[C@@H](C)SCc1cc(C)no1. The van der Waals surface area contributed by atoms with E-state index in [0.29, 0.717) is 6.42 Å². The van der Waals surface area contributed by atoms with E-state index in [1.807, 2.05) is 19.9 Å². The summed E-state index contributed by atoms with van der Waals surface area (Å²) < 4.78 is 9.65. The van der Waals surface area contributed by atoms with Gasteiger partial charge >= 0.3 is 5.97 Å². The molecule has 0 radical (unpaired) electrons. The first kappa shape index (κ1) is 12.1. The third-order valence-electron chi connectivity index (χ3n) is 1.87. The molecule has 0 aromatic carbocycles. The van der Waals surface area contributed by atoms with Crippen molar-refractivity contribution < 1.29 is 14.1 Å². The molecule has 1 rings (SSSR count). The molecule has 0 aliphatic carbocycles. The molecule has 84 valence electrons. The van der Waals surface area contributed by atoms with Gasteiger partial charge < -0.3 is 9.26 Å². The van der Waals surface area contributed by atoms with Crippen LogP contribution in [-0.2, 0) is 15.3 Å². The number of hydrogen-bond acceptors (Lipinski definition) is 5. The number of carbonyl (C=O) groups is 1. The molecule has 0 saturated heterocycles. The van der Waals surface area contributed by atoms with Crippen molar-refractivity contribution in [3.05, 3.63) is 17.5 Å². The van der Waals surface area contributed by atoms with Crippen LogP contribution >= 0.6 is 11.8 Å². The summed E-state index contributed by atoms with van der Waals surface area (Å²) in [5, 5.41) is 4.02. The van der Waals surface area contributed by atoms with E-state index in [1.54, 1.807) is 11.8 Å². The summed E-state index contributed by atoms with van der Waals surface area (Å²) in [5.41, 5.74) is 0.881. The largest absolute Gasteiger partial charge is 0.469 e. The molecule has 1 aromatic heterocycles. The Bertz CT molecular complexity index is 324. The van der Waals surface area contributed by atoms with E-state index in [2.05, 4.69) is 9.89 Å². The number of methoxy groups -OCH3 is 1. The van der Waals surface area contributed by atoms with E-state index >= 15 is 0 Å². The van der Waals surface area contributed by atoms with Crippen LogP contribution in [0.5, 0.6) is 0 Å². The number of rotatable bonds is 5. The molecule has 0 fully saturated rings. The van der Waals surface area contributed by atoms with E-state index in [-0.39, 0.29) is 11.2 Å². The fraction of sp³-hybridized carbons (Fsp3) is 0.600. The molecule has 1 atom stereocenters. The molecule has 1 heterocycles. The molecule has 0 N–H and O–H groups in total. The van der Waals surface area contributed by atoms with Crippen LogP contribution in [0.15, 0.2) is 10.6 Å². The first-order valence-electron chi connectivity index (χ1n) is 4.72. The van der Waals surface area contributed by atoms with Gasteiger partial charge in [0.05, 0.1) is 25.0 Å². The summed E-state index contributed by atoms with van der Waals surface area (Å²) in [7, 11) is 1.40. The second-order valence-corrected chi connectivity index (χ2v) is 4.76. The van der Waals surface area contributed by atoms with Gasteiger partial charge in [-0.2, -0.15) is 11.8 Å². The minimum absolute atomic E-state index is 0.177. The van der Waals surface area contributed by atoms with Gasteiger partial charge in [-0.25, -0.2) is 0 Å². The number of aryl methyl sites for hydroxylation is 1. The maximum absolute atomic E-state index is 11.0. The van der Waals surface area contributed by atoms with Crippen molar-refractivity contribution in [3.63, 3.8) is 0 Å². The number of carbonyl (C=O) groups excluding carboxylic acids is 1. The van der Waals surface area contributed by atoms with Crippen LogP contribution < -0.4 is 0 Å². The van der Waals surface area contributed by atoms with Gasteiger partial charge in [-0.15, -0.1) is 0 Å². The number of thioether (sulfide) groups is 1. The van der Waals surface area contributed by atoms with E-state index in [0.717, 1.165) is 17.2 Å². The van der Waals surface area contributed by atoms with Crippen LogP contribution in [-0.4, -0.2) is 23.5 Å². The first-order valence-corrected chi connectivity index (χ1v) is 5.77. The summed E-state index contributed by atoms with van der Waals surface area (Å²) in [5.74, 6) is 1.40. The third kappa shape index (κ3) is 4.38. The predicted octanol–water partition coefficient (Wildman–Crippen LogP) is 2.17. The van der Waals surface area contributed by atoms with Crippen molar-refractivity contribution in [2.75, 3.05) is 7.11 Å². The quantitative estimate of drug-likeness (QED) is 0.724. The topological polar surface area (TPSA) is 52.3 Å². The Labute approximate surface area is 93.3 Å². The Morgan fingerprint density at radius 2 is 2.47 bits per heavy atom. The van der Waals surface area contributed by atoms with Gasteiger partial charge in [0.15, 0.2) is 0 Å². The Hall–Kier alpha value is -0.970. The highest BCUT2D eigenvalue weighted by Crippen LogP contribution is 2.20. The highest BCUT2D eigenvalue weighted by molar-refractivity contribution is 7.99. The minimum atomic E-state index is -0.177. The highest BCUT2D eigenvalue weighted by atomic mass is 32.2.